The first-order valence-electron chi connectivity index (χ1n) is 5.49. The van der Waals surface area contributed by atoms with E-state index in [4.69, 9.17) is 5.73 Å². The summed E-state index contributed by atoms with van der Waals surface area (Å²) in [6, 6.07) is 8.52. The average Bonchev–Trinajstić information content (AvgIpc) is 2.30. The molecule has 0 amide bonds. The molecule has 1 aliphatic heterocycles. The summed E-state index contributed by atoms with van der Waals surface area (Å²) in [5, 5.41) is 3.41. The van der Waals surface area contributed by atoms with Gasteiger partial charge in [-0.1, -0.05) is 28.1 Å². The number of nitrogens with two attached hydrogens (primary N) is 1. The zero-order chi connectivity index (χ0) is 10.7. The molecule has 2 unspecified atom stereocenters. The number of hydrogen-bond donors (Lipinski definition) is 2. The first-order valence-corrected chi connectivity index (χ1v) is 6.28. The molecule has 3 N–H and O–H groups in total. The van der Waals surface area contributed by atoms with Gasteiger partial charge in [0.05, 0.1) is 0 Å². The van der Waals surface area contributed by atoms with Gasteiger partial charge in [-0.25, -0.2) is 0 Å². The normalized spacial score (nSPS) is 23.7. The minimum Gasteiger partial charge on any atom is -0.324 e. The summed E-state index contributed by atoms with van der Waals surface area (Å²) in [5.74, 6) is 0.583. The lowest BCUT2D eigenvalue weighted by Gasteiger charge is -2.28. The summed E-state index contributed by atoms with van der Waals surface area (Å²) < 4.78 is 1.11. The van der Waals surface area contributed by atoms with Crippen LogP contribution in [0.2, 0.25) is 0 Å². The summed E-state index contributed by atoms with van der Waals surface area (Å²) in [7, 11) is 0. The highest BCUT2D eigenvalue weighted by Gasteiger charge is 2.21. The predicted molar refractivity (Wildman–Crippen MR) is 66.7 cm³/mol. The molecule has 1 heterocycles. The molecule has 2 nitrogen and oxygen atoms in total. The van der Waals surface area contributed by atoms with E-state index in [1.807, 2.05) is 0 Å². The number of benzene rings is 1. The highest BCUT2D eigenvalue weighted by Crippen LogP contribution is 2.25. The van der Waals surface area contributed by atoms with Crippen molar-refractivity contribution in [3.63, 3.8) is 0 Å². The van der Waals surface area contributed by atoms with E-state index in [1.54, 1.807) is 0 Å². The van der Waals surface area contributed by atoms with Crippen LogP contribution in [0.4, 0.5) is 0 Å². The van der Waals surface area contributed by atoms with Crippen LogP contribution in [0.3, 0.4) is 0 Å². The number of halogens is 1. The Labute approximate surface area is 99.4 Å². The molecule has 1 aromatic carbocycles. The molecule has 0 aliphatic carbocycles. The second-order valence-electron chi connectivity index (χ2n) is 4.18. The molecule has 82 valence electrons. The van der Waals surface area contributed by atoms with Crippen molar-refractivity contribution in [2.24, 2.45) is 11.7 Å². The van der Waals surface area contributed by atoms with Gasteiger partial charge in [0.15, 0.2) is 0 Å². The Morgan fingerprint density at radius 1 is 1.33 bits per heavy atom. The molecule has 0 aromatic heterocycles. The molecule has 2 rings (SSSR count). The molecule has 15 heavy (non-hydrogen) atoms. The molecule has 0 bridgehead atoms. The number of hydrogen-bond acceptors (Lipinski definition) is 2. The van der Waals surface area contributed by atoms with Crippen molar-refractivity contribution < 1.29 is 0 Å². The Morgan fingerprint density at radius 2 is 2.07 bits per heavy atom. The summed E-state index contributed by atoms with van der Waals surface area (Å²) >= 11 is 3.44. The third-order valence-corrected chi connectivity index (χ3v) is 3.63. The fourth-order valence-electron chi connectivity index (χ4n) is 2.14. The van der Waals surface area contributed by atoms with Gasteiger partial charge in [0.2, 0.25) is 0 Å². The first kappa shape index (κ1) is 11.1. The van der Waals surface area contributed by atoms with Gasteiger partial charge in [0.25, 0.3) is 0 Å². The standard InChI is InChI=1S/C12H17BrN2/c13-11-5-3-9(4-6-11)12(14)10-2-1-7-15-8-10/h3-6,10,12,15H,1-2,7-8,14H2. The molecule has 0 radical (unpaired) electrons. The van der Waals surface area contributed by atoms with Gasteiger partial charge in [-0.15, -0.1) is 0 Å². The van der Waals surface area contributed by atoms with Gasteiger partial charge in [0.1, 0.15) is 0 Å². The van der Waals surface area contributed by atoms with E-state index in [2.05, 4.69) is 45.5 Å². The van der Waals surface area contributed by atoms with Crippen molar-refractivity contribution in [2.75, 3.05) is 13.1 Å². The molecular weight excluding hydrogens is 252 g/mol. The van der Waals surface area contributed by atoms with Crippen LogP contribution < -0.4 is 11.1 Å². The van der Waals surface area contributed by atoms with Crippen molar-refractivity contribution in [1.82, 2.24) is 5.32 Å². The van der Waals surface area contributed by atoms with Crippen LogP contribution in [0.25, 0.3) is 0 Å². The first-order chi connectivity index (χ1) is 7.27. The summed E-state index contributed by atoms with van der Waals surface area (Å²) in [6.07, 6.45) is 2.49. The average molecular weight is 269 g/mol. The fourth-order valence-corrected chi connectivity index (χ4v) is 2.41. The monoisotopic (exact) mass is 268 g/mol. The third kappa shape index (κ3) is 2.80. The van der Waals surface area contributed by atoms with Crippen molar-refractivity contribution in [3.8, 4) is 0 Å². The lowest BCUT2D eigenvalue weighted by molar-refractivity contribution is 0.326. The lowest BCUT2D eigenvalue weighted by atomic mass is 9.88. The smallest absolute Gasteiger partial charge is 0.0335 e. The largest absolute Gasteiger partial charge is 0.324 e. The number of nitrogens with one attached hydrogen (secondary N) is 1. The van der Waals surface area contributed by atoms with Gasteiger partial charge in [-0.3, -0.25) is 0 Å². The molecule has 1 fully saturated rings. The molecule has 3 heteroatoms. The van der Waals surface area contributed by atoms with Crippen LogP contribution in [-0.4, -0.2) is 13.1 Å². The Kier molecular flexibility index (Phi) is 3.78. The van der Waals surface area contributed by atoms with Crippen LogP contribution in [0, 0.1) is 5.92 Å². The summed E-state index contributed by atoms with van der Waals surface area (Å²) in [5.41, 5.74) is 7.51. The predicted octanol–water partition coefficient (Wildman–Crippen LogP) is 2.45. The number of piperidine rings is 1. The fraction of sp³-hybridized carbons (Fsp3) is 0.500. The van der Waals surface area contributed by atoms with Gasteiger partial charge in [-0.05, 0) is 49.5 Å². The van der Waals surface area contributed by atoms with Crippen molar-refractivity contribution in [2.45, 2.75) is 18.9 Å². The Morgan fingerprint density at radius 3 is 2.67 bits per heavy atom. The zero-order valence-electron chi connectivity index (χ0n) is 8.75. The van der Waals surface area contributed by atoms with E-state index in [-0.39, 0.29) is 6.04 Å². The van der Waals surface area contributed by atoms with E-state index in [1.165, 1.54) is 18.4 Å². The van der Waals surface area contributed by atoms with E-state index in [0.29, 0.717) is 5.92 Å². The minimum absolute atomic E-state index is 0.172. The maximum absolute atomic E-state index is 6.26. The molecule has 0 saturated carbocycles. The highest BCUT2D eigenvalue weighted by atomic mass is 79.9. The lowest BCUT2D eigenvalue weighted by Crippen LogP contribution is -2.36. The maximum atomic E-state index is 6.26. The molecular formula is C12H17BrN2. The number of rotatable bonds is 2. The maximum Gasteiger partial charge on any atom is 0.0335 e. The van der Waals surface area contributed by atoms with Crippen LogP contribution in [0.15, 0.2) is 28.7 Å². The summed E-state index contributed by atoms with van der Waals surface area (Å²) in [6.45, 7) is 2.20. The highest BCUT2D eigenvalue weighted by molar-refractivity contribution is 9.10. The van der Waals surface area contributed by atoms with Crippen LogP contribution >= 0.6 is 15.9 Å². The van der Waals surface area contributed by atoms with Crippen molar-refractivity contribution >= 4 is 15.9 Å². The van der Waals surface area contributed by atoms with Crippen LogP contribution in [-0.2, 0) is 0 Å². The van der Waals surface area contributed by atoms with Gasteiger partial charge in [-0.2, -0.15) is 0 Å². The van der Waals surface area contributed by atoms with Crippen molar-refractivity contribution in [3.05, 3.63) is 34.3 Å². The molecule has 2 atom stereocenters. The van der Waals surface area contributed by atoms with E-state index >= 15 is 0 Å². The quantitative estimate of drug-likeness (QED) is 0.865. The molecule has 0 spiro atoms. The van der Waals surface area contributed by atoms with Gasteiger partial charge >= 0.3 is 0 Å². The van der Waals surface area contributed by atoms with E-state index in [9.17, 15) is 0 Å². The Bertz CT molecular complexity index is 304. The third-order valence-electron chi connectivity index (χ3n) is 3.10. The Hall–Kier alpha value is -0.380. The van der Waals surface area contributed by atoms with E-state index < -0.39 is 0 Å². The summed E-state index contributed by atoms with van der Waals surface area (Å²) in [4.78, 5) is 0. The second-order valence-corrected chi connectivity index (χ2v) is 5.10. The van der Waals surface area contributed by atoms with Crippen LogP contribution in [0.1, 0.15) is 24.4 Å². The van der Waals surface area contributed by atoms with Gasteiger partial charge < -0.3 is 11.1 Å². The van der Waals surface area contributed by atoms with E-state index in [0.717, 1.165) is 17.6 Å². The topological polar surface area (TPSA) is 38.0 Å². The van der Waals surface area contributed by atoms with Gasteiger partial charge in [0, 0.05) is 10.5 Å². The second kappa shape index (κ2) is 5.10. The Balaban J connectivity index is 2.05. The molecule has 1 aliphatic rings. The SMILES string of the molecule is NC(c1ccc(Br)cc1)C1CCCNC1. The molecule has 1 saturated heterocycles. The minimum atomic E-state index is 0.172. The van der Waals surface area contributed by atoms with Crippen LogP contribution in [0.5, 0.6) is 0 Å². The van der Waals surface area contributed by atoms with Crippen molar-refractivity contribution in [1.29, 1.82) is 0 Å². The molecule has 1 aromatic rings. The zero-order valence-corrected chi connectivity index (χ0v) is 10.3.